The van der Waals surface area contributed by atoms with Gasteiger partial charge in [-0.2, -0.15) is 0 Å². The van der Waals surface area contributed by atoms with Gasteiger partial charge in [0.25, 0.3) is 0 Å². The van der Waals surface area contributed by atoms with Crippen LogP contribution in [0.15, 0.2) is 30.3 Å². The van der Waals surface area contributed by atoms with E-state index >= 15 is 0 Å². The van der Waals surface area contributed by atoms with Crippen LogP contribution in [0, 0.1) is 0 Å². The molecule has 0 saturated heterocycles. The average Bonchev–Trinajstić information content (AvgIpc) is 2.19. The third kappa shape index (κ3) is 4.00. The van der Waals surface area contributed by atoms with Crippen LogP contribution in [0.3, 0.4) is 0 Å². The largest absolute Gasteiger partial charge is 0.330 e. The minimum atomic E-state index is -0.245. The van der Waals surface area contributed by atoms with Crippen LogP contribution in [0.2, 0.25) is 0 Å². The van der Waals surface area contributed by atoms with Crippen LogP contribution in [0.4, 0.5) is 0 Å². The fraction of sp³-hybridized carbons (Fsp3) is 0.500. The van der Waals surface area contributed by atoms with Crippen molar-refractivity contribution in [1.82, 2.24) is 0 Å². The second kappa shape index (κ2) is 5.85. The highest BCUT2D eigenvalue weighted by molar-refractivity contribution is 5.17. The lowest BCUT2D eigenvalue weighted by Gasteiger charge is -2.28. The Morgan fingerprint density at radius 1 is 0.933 bits per heavy atom. The first-order chi connectivity index (χ1) is 7.20. The molecular weight excluding hydrogens is 186 g/mol. The fourth-order valence-electron chi connectivity index (χ4n) is 1.88. The van der Waals surface area contributed by atoms with Gasteiger partial charge in [0.2, 0.25) is 0 Å². The summed E-state index contributed by atoms with van der Waals surface area (Å²) in [6.07, 6.45) is 2.49. The standard InChI is InChI=1S/C12H21N3/c13-8-6-12(15,7-9-14)10-11-4-2-1-3-5-11/h1-5H,6-10,13-15H2. The molecule has 0 aromatic heterocycles. The lowest BCUT2D eigenvalue weighted by molar-refractivity contribution is 0.373. The normalized spacial score (nSPS) is 11.7. The number of nitrogens with two attached hydrogens (primary N) is 3. The zero-order valence-corrected chi connectivity index (χ0v) is 9.15. The summed E-state index contributed by atoms with van der Waals surface area (Å²) >= 11 is 0. The molecule has 6 N–H and O–H groups in total. The third-order valence-electron chi connectivity index (χ3n) is 2.68. The molecular formula is C12H21N3. The van der Waals surface area contributed by atoms with Crippen LogP contribution in [0.1, 0.15) is 18.4 Å². The Hall–Kier alpha value is -0.900. The molecule has 0 aliphatic rings. The maximum Gasteiger partial charge on any atom is 0.0219 e. The zero-order valence-electron chi connectivity index (χ0n) is 9.15. The van der Waals surface area contributed by atoms with Crippen molar-refractivity contribution in [3.8, 4) is 0 Å². The average molecular weight is 207 g/mol. The van der Waals surface area contributed by atoms with Gasteiger partial charge >= 0.3 is 0 Å². The van der Waals surface area contributed by atoms with Crippen molar-refractivity contribution >= 4 is 0 Å². The topological polar surface area (TPSA) is 78.1 Å². The van der Waals surface area contributed by atoms with Gasteiger partial charge in [0, 0.05) is 5.54 Å². The Balaban J connectivity index is 2.66. The van der Waals surface area contributed by atoms with Crippen molar-refractivity contribution in [2.75, 3.05) is 13.1 Å². The van der Waals surface area contributed by atoms with Crippen molar-refractivity contribution in [1.29, 1.82) is 0 Å². The molecule has 0 unspecified atom stereocenters. The Bertz CT molecular complexity index is 265. The van der Waals surface area contributed by atoms with Gasteiger partial charge < -0.3 is 17.2 Å². The van der Waals surface area contributed by atoms with Crippen LogP contribution >= 0.6 is 0 Å². The predicted molar refractivity (Wildman–Crippen MR) is 64.4 cm³/mol. The van der Waals surface area contributed by atoms with Gasteiger partial charge in [-0.25, -0.2) is 0 Å². The lowest BCUT2D eigenvalue weighted by atomic mass is 9.85. The first-order valence-electron chi connectivity index (χ1n) is 5.43. The molecule has 1 rings (SSSR count). The maximum atomic E-state index is 6.29. The van der Waals surface area contributed by atoms with Crippen molar-refractivity contribution in [3.05, 3.63) is 35.9 Å². The van der Waals surface area contributed by atoms with Crippen LogP contribution in [-0.2, 0) is 6.42 Å². The molecule has 1 aromatic rings. The molecule has 1 aromatic carbocycles. The van der Waals surface area contributed by atoms with Gasteiger partial charge in [0.1, 0.15) is 0 Å². The van der Waals surface area contributed by atoms with E-state index in [1.807, 2.05) is 18.2 Å². The van der Waals surface area contributed by atoms with E-state index in [1.54, 1.807) is 0 Å². The Morgan fingerprint density at radius 2 is 1.47 bits per heavy atom. The molecule has 0 spiro atoms. The predicted octanol–water partition coefficient (Wildman–Crippen LogP) is 0.624. The molecule has 3 heteroatoms. The van der Waals surface area contributed by atoms with Gasteiger partial charge in [0.05, 0.1) is 0 Å². The molecule has 0 fully saturated rings. The summed E-state index contributed by atoms with van der Waals surface area (Å²) in [6, 6.07) is 10.2. The van der Waals surface area contributed by atoms with Crippen LogP contribution in [-0.4, -0.2) is 18.6 Å². The van der Waals surface area contributed by atoms with E-state index in [1.165, 1.54) is 5.56 Å². The molecule has 0 bridgehead atoms. The van der Waals surface area contributed by atoms with Crippen LogP contribution in [0.5, 0.6) is 0 Å². The fourth-order valence-corrected chi connectivity index (χ4v) is 1.88. The van der Waals surface area contributed by atoms with E-state index in [2.05, 4.69) is 12.1 Å². The number of benzene rings is 1. The molecule has 15 heavy (non-hydrogen) atoms. The van der Waals surface area contributed by atoms with Gasteiger partial charge in [-0.05, 0) is 37.9 Å². The molecule has 3 nitrogen and oxygen atoms in total. The monoisotopic (exact) mass is 207 g/mol. The highest BCUT2D eigenvalue weighted by atomic mass is 14.8. The van der Waals surface area contributed by atoms with Gasteiger partial charge in [-0.15, -0.1) is 0 Å². The Labute approximate surface area is 91.6 Å². The van der Waals surface area contributed by atoms with Crippen molar-refractivity contribution in [2.24, 2.45) is 17.2 Å². The minimum Gasteiger partial charge on any atom is -0.330 e. The summed E-state index contributed by atoms with van der Waals surface area (Å²) in [7, 11) is 0. The summed E-state index contributed by atoms with van der Waals surface area (Å²) in [5.41, 5.74) is 18.5. The highest BCUT2D eigenvalue weighted by Gasteiger charge is 2.23. The number of hydrogen-bond acceptors (Lipinski definition) is 3. The number of hydrogen-bond donors (Lipinski definition) is 3. The van der Waals surface area contributed by atoms with Crippen LogP contribution < -0.4 is 17.2 Å². The summed E-state index contributed by atoms with van der Waals surface area (Å²) < 4.78 is 0. The van der Waals surface area contributed by atoms with Gasteiger partial charge in [0.15, 0.2) is 0 Å². The summed E-state index contributed by atoms with van der Waals surface area (Å²) in [5.74, 6) is 0. The first-order valence-corrected chi connectivity index (χ1v) is 5.43. The van der Waals surface area contributed by atoms with E-state index in [9.17, 15) is 0 Å². The molecule has 0 radical (unpaired) electrons. The van der Waals surface area contributed by atoms with E-state index < -0.39 is 0 Å². The quantitative estimate of drug-likeness (QED) is 0.640. The van der Waals surface area contributed by atoms with Crippen LogP contribution in [0.25, 0.3) is 0 Å². The molecule has 0 atom stereocenters. The summed E-state index contributed by atoms with van der Waals surface area (Å²) in [4.78, 5) is 0. The van der Waals surface area contributed by atoms with Crippen molar-refractivity contribution in [3.63, 3.8) is 0 Å². The van der Waals surface area contributed by atoms with Crippen molar-refractivity contribution < 1.29 is 0 Å². The molecule has 0 heterocycles. The smallest absolute Gasteiger partial charge is 0.0219 e. The Morgan fingerprint density at radius 3 is 1.93 bits per heavy atom. The SMILES string of the molecule is NCCC(N)(CCN)Cc1ccccc1. The summed E-state index contributed by atoms with van der Waals surface area (Å²) in [5, 5.41) is 0. The molecule has 0 saturated carbocycles. The third-order valence-corrected chi connectivity index (χ3v) is 2.68. The molecule has 0 aliphatic carbocycles. The lowest BCUT2D eigenvalue weighted by Crippen LogP contribution is -2.45. The summed E-state index contributed by atoms with van der Waals surface area (Å²) in [6.45, 7) is 1.23. The second-order valence-electron chi connectivity index (χ2n) is 4.10. The Kier molecular flexibility index (Phi) is 4.75. The van der Waals surface area contributed by atoms with Gasteiger partial charge in [-0.1, -0.05) is 30.3 Å². The molecule has 0 amide bonds. The van der Waals surface area contributed by atoms with E-state index in [-0.39, 0.29) is 5.54 Å². The molecule has 0 aliphatic heterocycles. The van der Waals surface area contributed by atoms with Gasteiger partial charge in [-0.3, -0.25) is 0 Å². The van der Waals surface area contributed by atoms with E-state index in [0.29, 0.717) is 13.1 Å². The second-order valence-corrected chi connectivity index (χ2v) is 4.10. The maximum absolute atomic E-state index is 6.29. The minimum absolute atomic E-state index is 0.245. The number of rotatable bonds is 6. The van der Waals surface area contributed by atoms with E-state index in [4.69, 9.17) is 17.2 Å². The molecule has 84 valence electrons. The van der Waals surface area contributed by atoms with E-state index in [0.717, 1.165) is 19.3 Å². The van der Waals surface area contributed by atoms with Crippen molar-refractivity contribution in [2.45, 2.75) is 24.8 Å². The highest BCUT2D eigenvalue weighted by Crippen LogP contribution is 2.17. The zero-order chi connectivity index (χ0) is 11.1. The first kappa shape index (κ1) is 12.2.